The van der Waals surface area contributed by atoms with Gasteiger partial charge in [-0.05, 0) is 25.0 Å². The minimum absolute atomic E-state index is 0.303. The average molecular weight is 369 g/mol. The summed E-state index contributed by atoms with van der Waals surface area (Å²) in [6.07, 6.45) is 3.98. The highest BCUT2D eigenvalue weighted by Crippen LogP contribution is 2.38. The van der Waals surface area contributed by atoms with Gasteiger partial charge in [0.15, 0.2) is 0 Å². The van der Waals surface area contributed by atoms with Crippen molar-refractivity contribution in [1.82, 2.24) is 18.8 Å². The highest BCUT2D eigenvalue weighted by Gasteiger charge is 2.40. The number of aromatic nitrogens is 2. The van der Waals surface area contributed by atoms with Gasteiger partial charge < -0.3 is 5.73 Å². The maximum atomic E-state index is 12.2. The van der Waals surface area contributed by atoms with E-state index in [0.717, 1.165) is 25.2 Å². The van der Waals surface area contributed by atoms with Crippen LogP contribution in [0.15, 0.2) is 18.5 Å². The van der Waals surface area contributed by atoms with Crippen molar-refractivity contribution >= 4 is 27.5 Å². The van der Waals surface area contributed by atoms with Crippen LogP contribution in [0.4, 0.5) is 0 Å². The summed E-state index contributed by atoms with van der Waals surface area (Å²) in [6, 6.07) is 0.618. The second-order valence-electron chi connectivity index (χ2n) is 5.91. The molecule has 0 aliphatic carbocycles. The van der Waals surface area contributed by atoms with Gasteiger partial charge in [-0.1, -0.05) is 0 Å². The first kappa shape index (κ1) is 17.1. The maximum absolute atomic E-state index is 12.2. The van der Waals surface area contributed by atoms with Crippen molar-refractivity contribution in [2.45, 2.75) is 25.4 Å². The third-order valence-corrected chi connectivity index (χ3v) is 7.14. The number of amides is 1. The van der Waals surface area contributed by atoms with Crippen molar-refractivity contribution in [3.05, 3.63) is 28.9 Å². The number of hydrogen-bond donors (Lipinski definition) is 2. The van der Waals surface area contributed by atoms with Crippen LogP contribution in [0.25, 0.3) is 10.4 Å². The Kier molecular flexibility index (Phi) is 4.24. The fourth-order valence-electron chi connectivity index (χ4n) is 2.82. The molecule has 24 heavy (non-hydrogen) atoms. The van der Waals surface area contributed by atoms with Crippen molar-refractivity contribution in [2.75, 3.05) is 7.05 Å². The lowest BCUT2D eigenvalue weighted by Crippen LogP contribution is -2.56. The Balaban J connectivity index is 1.96. The summed E-state index contributed by atoms with van der Waals surface area (Å²) >= 11 is 1.50. The fraction of sp³-hybridized carbons (Fsp3) is 0.429. The zero-order valence-electron chi connectivity index (χ0n) is 13.6. The Morgan fingerprint density at radius 2 is 2.17 bits per heavy atom. The van der Waals surface area contributed by atoms with Gasteiger partial charge in [-0.2, -0.15) is 22.5 Å². The average Bonchev–Trinajstić information content (AvgIpc) is 3.07. The summed E-state index contributed by atoms with van der Waals surface area (Å²) in [7, 11) is -0.545. The molecular formula is C14H19N5O3S2. The normalized spacial score (nSPS) is 24.1. The molecule has 10 heteroatoms. The predicted octanol–water partition coefficient (Wildman–Crippen LogP) is 0.522. The molecular weight excluding hydrogens is 350 g/mol. The molecule has 3 N–H and O–H groups in total. The Hall–Kier alpha value is -1.75. The molecule has 8 nitrogen and oxygen atoms in total. The van der Waals surface area contributed by atoms with E-state index in [1.807, 2.05) is 26.2 Å². The first-order chi connectivity index (χ1) is 11.2. The number of rotatable bonds is 3. The van der Waals surface area contributed by atoms with E-state index >= 15 is 0 Å². The van der Waals surface area contributed by atoms with E-state index in [0.29, 0.717) is 6.42 Å². The Bertz CT molecular complexity index is 886. The molecule has 0 spiro atoms. The lowest BCUT2D eigenvalue weighted by molar-refractivity contribution is -0.122. The smallest absolute Gasteiger partial charge is 0.280 e. The number of nitrogens with two attached hydrogens (primary N) is 1. The zero-order valence-corrected chi connectivity index (χ0v) is 15.2. The summed E-state index contributed by atoms with van der Waals surface area (Å²) in [5.74, 6) is -0.645. The molecule has 0 bridgehead atoms. The van der Waals surface area contributed by atoms with Gasteiger partial charge in [-0.3, -0.25) is 9.48 Å². The lowest BCUT2D eigenvalue weighted by atomic mass is 10.0. The van der Waals surface area contributed by atoms with E-state index in [-0.39, 0.29) is 0 Å². The number of aryl methyl sites for hydroxylation is 2. The molecule has 0 aromatic carbocycles. The van der Waals surface area contributed by atoms with Gasteiger partial charge in [-0.15, -0.1) is 11.3 Å². The molecule has 1 aliphatic rings. The highest BCUT2D eigenvalue weighted by molar-refractivity contribution is 7.87. The van der Waals surface area contributed by atoms with Gasteiger partial charge in [0.05, 0.1) is 12.2 Å². The molecule has 0 unspecified atom stereocenters. The molecule has 2 aromatic heterocycles. The van der Waals surface area contributed by atoms with Crippen molar-refractivity contribution < 1.29 is 13.2 Å². The maximum Gasteiger partial charge on any atom is 0.280 e. The molecule has 1 fully saturated rings. The lowest BCUT2D eigenvalue weighted by Gasteiger charge is -2.34. The summed E-state index contributed by atoms with van der Waals surface area (Å²) in [4.78, 5) is 13.5. The topological polar surface area (TPSA) is 110 Å². The predicted molar refractivity (Wildman–Crippen MR) is 91.4 cm³/mol. The third-order valence-electron chi connectivity index (χ3n) is 4.14. The summed E-state index contributed by atoms with van der Waals surface area (Å²) in [5.41, 5.74) is 7.39. The number of nitrogens with one attached hydrogen (secondary N) is 1. The number of primary amides is 1. The Morgan fingerprint density at radius 3 is 2.75 bits per heavy atom. The van der Waals surface area contributed by atoms with Crippen molar-refractivity contribution in [2.24, 2.45) is 12.8 Å². The van der Waals surface area contributed by atoms with Gasteiger partial charge in [0.2, 0.25) is 5.91 Å². The molecule has 1 amide bonds. The van der Waals surface area contributed by atoms with Gasteiger partial charge in [0.1, 0.15) is 6.04 Å². The number of carbonyl (C=O) groups is 1. The van der Waals surface area contributed by atoms with Crippen molar-refractivity contribution in [3.63, 3.8) is 0 Å². The third kappa shape index (κ3) is 2.97. The quantitative estimate of drug-likeness (QED) is 0.822. The van der Waals surface area contributed by atoms with Crippen LogP contribution in [0.1, 0.15) is 22.9 Å². The first-order valence-corrected chi connectivity index (χ1v) is 9.58. The Morgan fingerprint density at radius 1 is 1.46 bits per heavy atom. The van der Waals surface area contributed by atoms with E-state index in [2.05, 4.69) is 9.82 Å². The number of nitrogens with zero attached hydrogens (tertiary/aromatic N) is 3. The van der Waals surface area contributed by atoms with Crippen LogP contribution < -0.4 is 10.5 Å². The summed E-state index contributed by atoms with van der Waals surface area (Å²) < 4.78 is 29.8. The van der Waals surface area contributed by atoms with E-state index in [1.54, 1.807) is 10.9 Å². The minimum atomic E-state index is -3.74. The Labute approximate surface area is 144 Å². The largest absolute Gasteiger partial charge is 0.368 e. The van der Waals surface area contributed by atoms with Crippen LogP contribution in [-0.4, -0.2) is 41.5 Å². The van der Waals surface area contributed by atoms with Gasteiger partial charge in [0, 0.05) is 35.6 Å². The number of carbonyl (C=O) groups excluding carboxylic acids is 1. The van der Waals surface area contributed by atoms with Crippen LogP contribution in [0.3, 0.4) is 0 Å². The molecule has 0 radical (unpaired) electrons. The van der Waals surface area contributed by atoms with Crippen LogP contribution >= 0.6 is 11.3 Å². The number of hydrogen-bond acceptors (Lipinski definition) is 5. The molecule has 130 valence electrons. The second-order valence-corrected chi connectivity index (χ2v) is 8.75. The summed E-state index contributed by atoms with van der Waals surface area (Å²) in [6.45, 7) is 1.97. The molecule has 0 saturated carbocycles. The molecule has 1 saturated heterocycles. The number of thiophene rings is 1. The van der Waals surface area contributed by atoms with Crippen LogP contribution in [0.5, 0.6) is 0 Å². The van der Waals surface area contributed by atoms with Crippen LogP contribution in [0, 0.1) is 6.92 Å². The molecule has 1 aliphatic heterocycles. The van der Waals surface area contributed by atoms with Crippen molar-refractivity contribution in [1.29, 1.82) is 0 Å². The second kappa shape index (κ2) is 5.96. The van der Waals surface area contributed by atoms with Gasteiger partial charge in [-0.25, -0.2) is 0 Å². The molecule has 3 rings (SSSR count). The minimum Gasteiger partial charge on any atom is -0.368 e. The van der Waals surface area contributed by atoms with E-state index in [4.69, 9.17) is 5.73 Å². The fourth-order valence-corrected chi connectivity index (χ4v) is 5.38. The molecule has 2 aromatic rings. The molecule has 2 atom stereocenters. The highest BCUT2D eigenvalue weighted by atomic mass is 32.2. The van der Waals surface area contributed by atoms with Crippen molar-refractivity contribution in [3.8, 4) is 10.4 Å². The summed E-state index contributed by atoms with van der Waals surface area (Å²) in [5, 5.41) is 4.17. The van der Waals surface area contributed by atoms with E-state index in [1.165, 1.54) is 18.4 Å². The first-order valence-electron chi connectivity index (χ1n) is 7.33. The zero-order chi connectivity index (χ0) is 17.6. The van der Waals surface area contributed by atoms with E-state index in [9.17, 15) is 13.2 Å². The monoisotopic (exact) mass is 369 g/mol. The number of likely N-dealkylation sites (N-methyl/N-ethyl adjacent to an activating group) is 1. The SMILES string of the molecule is Cc1cc([C@H]2C[C@@H](C(N)=O)N(C)S(=O)(=O)N2)sc1-c1cnn(C)c1. The van der Waals surface area contributed by atoms with Gasteiger partial charge in [0.25, 0.3) is 10.2 Å². The van der Waals surface area contributed by atoms with Gasteiger partial charge >= 0.3 is 0 Å². The van der Waals surface area contributed by atoms with Crippen LogP contribution in [0.2, 0.25) is 0 Å². The van der Waals surface area contributed by atoms with Crippen LogP contribution in [-0.2, 0) is 22.1 Å². The van der Waals surface area contributed by atoms with E-state index < -0.39 is 28.2 Å². The standard InChI is InChI=1S/C14H19N5O3S2/c1-8-4-12(23-13(8)9-6-16-18(2)7-9)10-5-11(14(15)20)19(3)24(21,22)17-10/h4,6-7,10-11,17H,5H2,1-3H3,(H2,15,20)/t10-,11+/m1/s1. The molecule has 3 heterocycles.